The van der Waals surface area contributed by atoms with Crippen LogP contribution in [0.4, 0.5) is 0 Å². The van der Waals surface area contributed by atoms with Gasteiger partial charge in [0, 0.05) is 6.26 Å². The number of aliphatic carboxylic acids is 1. The van der Waals surface area contributed by atoms with Crippen molar-refractivity contribution in [3.63, 3.8) is 0 Å². The lowest BCUT2D eigenvalue weighted by molar-refractivity contribution is -0.133. The van der Waals surface area contributed by atoms with Gasteiger partial charge in [0.25, 0.3) is 0 Å². The molecule has 0 radical (unpaired) electrons. The number of carboxylic acids is 1. The number of rotatable bonds is 2. The standard InChI is InChI=1S/C4H8O3S/c1-8(2,7)3-4(5)6/h1,3H2,2H3,(H,5,6). The zero-order chi connectivity index (χ0) is 6.78. The maximum absolute atomic E-state index is 10.5. The van der Waals surface area contributed by atoms with E-state index in [0.717, 1.165) is 0 Å². The maximum Gasteiger partial charge on any atom is 0.315 e. The molecule has 0 spiro atoms. The fourth-order valence-corrected chi connectivity index (χ4v) is 0.784. The summed E-state index contributed by atoms with van der Waals surface area (Å²) in [6.45, 7) is 0. The van der Waals surface area contributed by atoms with Crippen LogP contribution < -0.4 is 0 Å². The van der Waals surface area contributed by atoms with E-state index >= 15 is 0 Å². The molecule has 0 amide bonds. The Morgan fingerprint density at radius 3 is 2.25 bits per heavy atom. The molecule has 48 valence electrons. The summed E-state index contributed by atoms with van der Waals surface area (Å²) < 4.78 is 10.5. The van der Waals surface area contributed by atoms with Crippen LogP contribution >= 0.6 is 0 Å². The Bertz CT molecular complexity index is 177. The van der Waals surface area contributed by atoms with E-state index in [-0.39, 0.29) is 5.75 Å². The van der Waals surface area contributed by atoms with Crippen molar-refractivity contribution >= 4 is 21.4 Å². The highest BCUT2D eigenvalue weighted by atomic mass is 32.2. The van der Waals surface area contributed by atoms with Gasteiger partial charge in [0.2, 0.25) is 0 Å². The van der Waals surface area contributed by atoms with E-state index in [4.69, 9.17) is 5.11 Å². The molecule has 1 atom stereocenters. The first-order chi connectivity index (χ1) is 3.42. The Labute approximate surface area is 48.3 Å². The highest BCUT2D eigenvalue weighted by molar-refractivity contribution is 8.00. The van der Waals surface area contributed by atoms with Gasteiger partial charge >= 0.3 is 5.97 Å². The third kappa shape index (κ3) is 5.49. The van der Waals surface area contributed by atoms with Crippen LogP contribution in [0.25, 0.3) is 0 Å². The highest BCUT2D eigenvalue weighted by Gasteiger charge is 2.00. The molecule has 0 heterocycles. The SMILES string of the molecule is C=S(C)(=O)CC(=O)O. The van der Waals surface area contributed by atoms with E-state index in [9.17, 15) is 9.00 Å². The largest absolute Gasteiger partial charge is 0.481 e. The van der Waals surface area contributed by atoms with Crippen LogP contribution in [0.2, 0.25) is 0 Å². The average Bonchev–Trinajstić information content (AvgIpc) is 1.21. The van der Waals surface area contributed by atoms with Gasteiger partial charge in [-0.3, -0.25) is 9.00 Å². The summed E-state index contributed by atoms with van der Waals surface area (Å²) in [5.41, 5.74) is 0. The van der Waals surface area contributed by atoms with Crippen molar-refractivity contribution in [3.8, 4) is 0 Å². The molecule has 0 aromatic heterocycles. The van der Waals surface area contributed by atoms with Crippen LogP contribution in [-0.4, -0.2) is 33.2 Å². The van der Waals surface area contributed by atoms with E-state index in [1.54, 1.807) is 0 Å². The van der Waals surface area contributed by atoms with Gasteiger partial charge in [0.1, 0.15) is 5.75 Å². The molecule has 1 unspecified atom stereocenters. The van der Waals surface area contributed by atoms with Gasteiger partial charge in [-0.25, -0.2) is 0 Å². The number of carbonyl (C=O) groups is 1. The zero-order valence-corrected chi connectivity index (χ0v) is 5.40. The fraction of sp³-hybridized carbons (Fsp3) is 0.500. The van der Waals surface area contributed by atoms with E-state index in [1.165, 1.54) is 6.26 Å². The molecule has 0 bridgehead atoms. The molecule has 1 N–H and O–H groups in total. The lowest BCUT2D eigenvalue weighted by atomic mass is 10.8. The molecular weight excluding hydrogens is 128 g/mol. The van der Waals surface area contributed by atoms with Crippen molar-refractivity contribution in [1.82, 2.24) is 0 Å². The average molecular weight is 136 g/mol. The molecular formula is C4H8O3S. The molecule has 0 saturated heterocycles. The normalized spacial score (nSPS) is 17.1. The van der Waals surface area contributed by atoms with Gasteiger partial charge in [-0.1, -0.05) is 0 Å². The minimum absolute atomic E-state index is 0.340. The van der Waals surface area contributed by atoms with Crippen LogP contribution in [-0.2, 0) is 14.3 Å². The smallest absolute Gasteiger partial charge is 0.315 e. The molecule has 3 nitrogen and oxygen atoms in total. The minimum atomic E-state index is -2.32. The van der Waals surface area contributed by atoms with Crippen molar-refractivity contribution < 1.29 is 14.1 Å². The van der Waals surface area contributed by atoms with Crippen molar-refractivity contribution in [2.75, 3.05) is 12.0 Å². The summed E-state index contributed by atoms with van der Waals surface area (Å²) in [6, 6.07) is 0. The second-order valence-corrected chi connectivity index (χ2v) is 4.38. The molecule has 0 rings (SSSR count). The second kappa shape index (κ2) is 2.17. The second-order valence-electron chi connectivity index (χ2n) is 1.72. The summed E-state index contributed by atoms with van der Waals surface area (Å²) in [4.78, 5) is 9.80. The first kappa shape index (κ1) is 7.49. The molecule has 0 aliphatic rings. The molecule has 0 aromatic rings. The van der Waals surface area contributed by atoms with E-state index in [2.05, 4.69) is 5.87 Å². The summed E-state index contributed by atoms with van der Waals surface area (Å²) >= 11 is 0. The third-order valence-corrected chi connectivity index (χ3v) is 1.29. The maximum atomic E-state index is 10.5. The summed E-state index contributed by atoms with van der Waals surface area (Å²) in [5, 5.41) is 8.03. The topological polar surface area (TPSA) is 54.4 Å². The predicted molar refractivity (Wildman–Crippen MR) is 33.7 cm³/mol. The third-order valence-electron chi connectivity index (χ3n) is 0.429. The molecule has 8 heavy (non-hydrogen) atoms. The van der Waals surface area contributed by atoms with Crippen LogP contribution in [0.1, 0.15) is 0 Å². The van der Waals surface area contributed by atoms with E-state index in [1.807, 2.05) is 0 Å². The lowest BCUT2D eigenvalue weighted by Gasteiger charge is -1.92. The molecule has 0 fully saturated rings. The number of hydrogen-bond donors (Lipinski definition) is 1. The number of hydrogen-bond acceptors (Lipinski definition) is 2. The minimum Gasteiger partial charge on any atom is -0.481 e. The van der Waals surface area contributed by atoms with Gasteiger partial charge in [-0.2, -0.15) is 0 Å². The Morgan fingerprint density at radius 1 is 1.88 bits per heavy atom. The highest BCUT2D eigenvalue weighted by Crippen LogP contribution is 1.79. The first-order valence-electron chi connectivity index (χ1n) is 1.93. The summed E-state index contributed by atoms with van der Waals surface area (Å²) in [5.74, 6) is 1.75. The zero-order valence-electron chi connectivity index (χ0n) is 4.59. The predicted octanol–water partition coefficient (Wildman–Crippen LogP) is -0.583. The molecule has 0 saturated carbocycles. The monoisotopic (exact) mass is 136 g/mol. The Hall–Kier alpha value is -0.510. The summed E-state index contributed by atoms with van der Waals surface area (Å²) in [6.07, 6.45) is 1.32. The molecule has 0 aromatic carbocycles. The van der Waals surface area contributed by atoms with Crippen molar-refractivity contribution in [3.05, 3.63) is 0 Å². The molecule has 4 heteroatoms. The lowest BCUT2D eigenvalue weighted by Crippen LogP contribution is -2.12. The van der Waals surface area contributed by atoms with Gasteiger partial charge < -0.3 is 5.11 Å². The van der Waals surface area contributed by atoms with E-state index < -0.39 is 15.5 Å². The molecule has 0 aliphatic carbocycles. The Kier molecular flexibility index (Phi) is 2.03. The van der Waals surface area contributed by atoms with Crippen molar-refractivity contribution in [2.24, 2.45) is 0 Å². The van der Waals surface area contributed by atoms with Crippen LogP contribution in [0.5, 0.6) is 0 Å². The Morgan fingerprint density at radius 2 is 2.25 bits per heavy atom. The quantitative estimate of drug-likeness (QED) is 0.516. The van der Waals surface area contributed by atoms with Crippen molar-refractivity contribution in [1.29, 1.82) is 0 Å². The fourth-order valence-electron chi connectivity index (χ4n) is 0.261. The Balaban J connectivity index is 3.95. The molecule has 0 aliphatic heterocycles. The van der Waals surface area contributed by atoms with Crippen LogP contribution in [0.15, 0.2) is 0 Å². The van der Waals surface area contributed by atoms with Gasteiger partial charge in [0.15, 0.2) is 0 Å². The van der Waals surface area contributed by atoms with Crippen LogP contribution in [0, 0.1) is 0 Å². The summed E-state index contributed by atoms with van der Waals surface area (Å²) in [7, 11) is -2.32. The number of carboxylic acid groups (broad SMARTS) is 1. The van der Waals surface area contributed by atoms with Gasteiger partial charge in [-0.15, -0.1) is 0 Å². The van der Waals surface area contributed by atoms with Gasteiger partial charge in [-0.05, 0) is 15.4 Å². The first-order valence-corrected chi connectivity index (χ1v) is 4.24. The van der Waals surface area contributed by atoms with E-state index in [0.29, 0.717) is 0 Å². The van der Waals surface area contributed by atoms with Gasteiger partial charge in [0.05, 0.1) is 0 Å². The van der Waals surface area contributed by atoms with Crippen molar-refractivity contribution in [2.45, 2.75) is 0 Å². The van der Waals surface area contributed by atoms with Crippen LogP contribution in [0.3, 0.4) is 0 Å².